The minimum atomic E-state index is 0.467. The molecule has 2 aliphatic carbocycles. The first-order chi connectivity index (χ1) is 16.1. The van der Waals surface area contributed by atoms with E-state index in [0.29, 0.717) is 24.7 Å². The van der Waals surface area contributed by atoms with Crippen molar-refractivity contribution in [2.75, 3.05) is 0 Å². The van der Waals surface area contributed by atoms with Crippen molar-refractivity contribution in [3.05, 3.63) is 66.8 Å². The van der Waals surface area contributed by atoms with E-state index in [0.717, 1.165) is 6.29 Å². The Morgan fingerprint density at radius 2 is 1.09 bits per heavy atom. The molecule has 2 aromatic rings. The van der Waals surface area contributed by atoms with Crippen LogP contribution in [0, 0.1) is 66.7 Å². The molecule has 0 heterocycles. The first kappa shape index (κ1) is 26.2. The minimum absolute atomic E-state index is 0.467. The number of carbonyl (C=O) groups is 1. The Labute approximate surface area is 207 Å². The van der Waals surface area contributed by atoms with Crippen molar-refractivity contribution in [2.45, 2.75) is 119 Å². The molecule has 0 amide bonds. The second-order valence-corrected chi connectivity index (χ2v) is 10.7. The van der Waals surface area contributed by atoms with Crippen molar-refractivity contribution >= 4 is 6.29 Å². The van der Waals surface area contributed by atoms with E-state index in [9.17, 15) is 4.79 Å². The molecule has 0 saturated carbocycles. The molecule has 0 aliphatic heterocycles. The molecule has 0 saturated heterocycles. The Morgan fingerprint density at radius 1 is 0.676 bits per heavy atom. The van der Waals surface area contributed by atoms with Gasteiger partial charge in [0.2, 0.25) is 0 Å². The van der Waals surface area contributed by atoms with Crippen LogP contribution in [-0.2, 0) is 17.6 Å². The topological polar surface area (TPSA) is 40.9 Å². The number of fused-ring (bicyclic) bond motifs is 2. The highest BCUT2D eigenvalue weighted by Crippen LogP contribution is 2.41. The Balaban J connectivity index is 0.000000191. The van der Waals surface area contributed by atoms with Gasteiger partial charge in [-0.15, -0.1) is 0 Å². The molecule has 2 nitrogen and oxygen atoms in total. The lowest BCUT2D eigenvalue weighted by Crippen LogP contribution is -2.15. The van der Waals surface area contributed by atoms with Gasteiger partial charge in [0, 0.05) is 12.8 Å². The molecule has 4 rings (SSSR count). The number of rotatable bonds is 3. The van der Waals surface area contributed by atoms with Crippen LogP contribution in [0.5, 0.6) is 0 Å². The molecule has 182 valence electrons. The number of nitrogens with zero attached hydrogens (tertiary/aromatic N) is 1. The van der Waals surface area contributed by atoms with Crippen molar-refractivity contribution in [1.29, 1.82) is 5.26 Å². The molecule has 0 aromatic heterocycles. The van der Waals surface area contributed by atoms with Gasteiger partial charge >= 0.3 is 0 Å². The second kappa shape index (κ2) is 10.9. The summed E-state index contributed by atoms with van der Waals surface area (Å²) in [5.41, 5.74) is 17.6. The number of nitriles is 1. The van der Waals surface area contributed by atoms with Crippen molar-refractivity contribution in [1.82, 2.24) is 0 Å². The van der Waals surface area contributed by atoms with Gasteiger partial charge in [-0.3, -0.25) is 0 Å². The van der Waals surface area contributed by atoms with Gasteiger partial charge in [-0.05, 0) is 173 Å². The van der Waals surface area contributed by atoms with E-state index in [1.165, 1.54) is 105 Å². The average molecular weight is 458 g/mol. The Hall–Kier alpha value is -2.40. The van der Waals surface area contributed by atoms with Crippen molar-refractivity contribution < 1.29 is 4.79 Å². The Kier molecular flexibility index (Phi) is 8.40. The van der Waals surface area contributed by atoms with Crippen LogP contribution in [0.25, 0.3) is 0 Å². The van der Waals surface area contributed by atoms with Crippen LogP contribution in [-0.4, -0.2) is 6.29 Å². The number of carbonyl (C=O) groups excluding carboxylic acids is 1. The predicted molar refractivity (Wildman–Crippen MR) is 143 cm³/mol. The summed E-state index contributed by atoms with van der Waals surface area (Å²) in [6.07, 6.45) is 9.67. The average Bonchev–Trinajstić information content (AvgIpc) is 2.84. The van der Waals surface area contributed by atoms with Gasteiger partial charge in [-0.2, -0.15) is 5.26 Å². The van der Waals surface area contributed by atoms with Gasteiger partial charge in [0.25, 0.3) is 0 Å². The van der Waals surface area contributed by atoms with Gasteiger partial charge in [0.05, 0.1) is 6.07 Å². The zero-order chi connectivity index (χ0) is 25.2. The molecule has 0 radical (unpaired) electrons. The van der Waals surface area contributed by atoms with Crippen LogP contribution in [0.4, 0.5) is 0 Å². The van der Waals surface area contributed by atoms with Gasteiger partial charge < -0.3 is 4.79 Å². The molecular weight excluding hydrogens is 414 g/mol. The molecule has 0 N–H and O–H groups in total. The molecule has 0 fully saturated rings. The largest absolute Gasteiger partial charge is 0.303 e. The fraction of sp³-hybridized carbons (Fsp3) is 0.562. The van der Waals surface area contributed by atoms with Gasteiger partial charge in [0.15, 0.2) is 0 Å². The van der Waals surface area contributed by atoms with Crippen LogP contribution in [0.15, 0.2) is 0 Å². The summed E-state index contributed by atoms with van der Waals surface area (Å²) in [6, 6.07) is 2.36. The number of aldehydes is 1. The molecule has 2 heteroatoms. The van der Waals surface area contributed by atoms with Gasteiger partial charge in [-0.1, -0.05) is 0 Å². The third-order valence-corrected chi connectivity index (χ3v) is 9.23. The van der Waals surface area contributed by atoms with Crippen molar-refractivity contribution in [3.63, 3.8) is 0 Å². The SMILES string of the molecule is Cc1c(C)c(C)c2c(c1C)CCCC2CC#N.Cc1c(C)c(C)c2c(c1C)CCCC2CC=O. The zero-order valence-corrected chi connectivity index (χ0v) is 22.7. The fourth-order valence-corrected chi connectivity index (χ4v) is 6.59. The van der Waals surface area contributed by atoms with Gasteiger partial charge in [0.1, 0.15) is 6.29 Å². The van der Waals surface area contributed by atoms with Crippen LogP contribution in [0.3, 0.4) is 0 Å². The molecular formula is C32H43NO. The second-order valence-electron chi connectivity index (χ2n) is 10.7. The third kappa shape index (κ3) is 4.72. The summed E-state index contributed by atoms with van der Waals surface area (Å²) in [4.78, 5) is 10.8. The van der Waals surface area contributed by atoms with Crippen molar-refractivity contribution in [3.8, 4) is 6.07 Å². The van der Waals surface area contributed by atoms with Crippen LogP contribution in [0.2, 0.25) is 0 Å². The van der Waals surface area contributed by atoms with Crippen LogP contribution in [0.1, 0.15) is 117 Å². The molecule has 2 aliphatic rings. The maximum atomic E-state index is 10.8. The monoisotopic (exact) mass is 457 g/mol. The Bertz CT molecular complexity index is 1130. The number of benzene rings is 2. The highest BCUT2D eigenvalue weighted by atomic mass is 16.1. The van der Waals surface area contributed by atoms with E-state index in [2.05, 4.69) is 61.5 Å². The van der Waals surface area contributed by atoms with E-state index in [-0.39, 0.29) is 0 Å². The number of hydrogen-bond donors (Lipinski definition) is 0. The van der Waals surface area contributed by atoms with E-state index in [4.69, 9.17) is 5.26 Å². The van der Waals surface area contributed by atoms with E-state index in [1.54, 1.807) is 0 Å². The third-order valence-electron chi connectivity index (χ3n) is 9.23. The van der Waals surface area contributed by atoms with E-state index >= 15 is 0 Å². The summed E-state index contributed by atoms with van der Waals surface area (Å²) in [5, 5.41) is 8.98. The predicted octanol–water partition coefficient (Wildman–Crippen LogP) is 8.18. The van der Waals surface area contributed by atoms with E-state index in [1.807, 2.05) is 0 Å². The summed E-state index contributed by atoms with van der Waals surface area (Å²) >= 11 is 0. The van der Waals surface area contributed by atoms with Crippen molar-refractivity contribution in [2.24, 2.45) is 0 Å². The van der Waals surface area contributed by atoms with Gasteiger partial charge in [-0.25, -0.2) is 0 Å². The fourth-order valence-electron chi connectivity index (χ4n) is 6.59. The molecule has 0 spiro atoms. The normalized spacial score (nSPS) is 18.8. The summed E-state index contributed by atoms with van der Waals surface area (Å²) in [6.45, 7) is 17.8. The van der Waals surface area contributed by atoms with Crippen LogP contribution < -0.4 is 0 Å². The standard InChI is InChI=1S/C16H21N.C16H22O/c2*1-10-11(2)13(4)16-14(8-9-17)6-5-7-15(16)12(10)3/h14H,5-8H2,1-4H3;9,14H,5-8H2,1-4H3. The van der Waals surface area contributed by atoms with Crippen LogP contribution >= 0.6 is 0 Å². The minimum Gasteiger partial charge on any atom is -0.303 e. The molecule has 0 bridgehead atoms. The molecule has 34 heavy (non-hydrogen) atoms. The lowest BCUT2D eigenvalue weighted by atomic mass is 9.75. The number of hydrogen-bond acceptors (Lipinski definition) is 2. The highest BCUT2D eigenvalue weighted by molar-refractivity contribution is 5.57. The first-order valence-electron chi connectivity index (χ1n) is 13.1. The summed E-state index contributed by atoms with van der Waals surface area (Å²) in [7, 11) is 0. The maximum Gasteiger partial charge on any atom is 0.120 e. The lowest BCUT2D eigenvalue weighted by Gasteiger charge is -2.30. The molecule has 2 unspecified atom stereocenters. The van der Waals surface area contributed by atoms with E-state index < -0.39 is 0 Å². The molecule has 2 atom stereocenters. The first-order valence-corrected chi connectivity index (χ1v) is 13.1. The highest BCUT2D eigenvalue weighted by Gasteiger charge is 2.26. The maximum absolute atomic E-state index is 10.8. The smallest absolute Gasteiger partial charge is 0.120 e. The zero-order valence-electron chi connectivity index (χ0n) is 22.7. The summed E-state index contributed by atoms with van der Waals surface area (Å²) < 4.78 is 0. The Morgan fingerprint density at radius 3 is 1.53 bits per heavy atom. The lowest BCUT2D eigenvalue weighted by molar-refractivity contribution is -0.108. The summed E-state index contributed by atoms with van der Waals surface area (Å²) in [5.74, 6) is 0.941. The molecule has 2 aromatic carbocycles. The quantitative estimate of drug-likeness (QED) is 0.436.